The van der Waals surface area contributed by atoms with Gasteiger partial charge in [-0.3, -0.25) is 4.79 Å². The van der Waals surface area contributed by atoms with Crippen molar-refractivity contribution in [1.29, 1.82) is 0 Å². The Balaban J connectivity index is 2.14. The summed E-state index contributed by atoms with van der Waals surface area (Å²) < 4.78 is 0.821. The van der Waals surface area contributed by atoms with Crippen molar-refractivity contribution < 1.29 is 4.79 Å². The monoisotopic (exact) mass is 286 g/mol. The summed E-state index contributed by atoms with van der Waals surface area (Å²) in [5.74, 6) is 0.452. The zero-order valence-corrected chi connectivity index (χ0v) is 10.2. The first kappa shape index (κ1) is 10.4. The third-order valence-corrected chi connectivity index (χ3v) is 3.62. The summed E-state index contributed by atoms with van der Waals surface area (Å²) >= 11 is 4.72. The fourth-order valence-electron chi connectivity index (χ4n) is 1.11. The molecule has 5 nitrogen and oxygen atoms in total. The Morgan fingerprint density at radius 2 is 2.47 bits per heavy atom. The number of carbonyl (C=O) groups is 1. The number of halogens is 1. The molecule has 7 heteroatoms. The van der Waals surface area contributed by atoms with E-state index in [1.54, 1.807) is 7.05 Å². The number of tetrazole rings is 1. The molecule has 0 aliphatic heterocycles. The highest BCUT2D eigenvalue weighted by atomic mass is 79.9. The molecule has 0 aliphatic carbocycles. The molecule has 0 bridgehead atoms. The van der Waals surface area contributed by atoms with Crippen molar-refractivity contribution in [2.75, 3.05) is 0 Å². The second-order valence-corrected chi connectivity index (χ2v) is 4.66. The molecule has 2 aromatic heterocycles. The van der Waals surface area contributed by atoms with Gasteiger partial charge in [-0.2, -0.15) is 4.80 Å². The van der Waals surface area contributed by atoms with Gasteiger partial charge in [0.05, 0.1) is 18.3 Å². The second kappa shape index (κ2) is 4.19. The standard InChI is InChI=1S/C8H7BrN4OS/c1-13-11-7(10-12-13)4-6(14)8-5(9)2-3-15-8/h2-3H,4H2,1H3. The van der Waals surface area contributed by atoms with Gasteiger partial charge in [-0.15, -0.1) is 21.5 Å². The third kappa shape index (κ3) is 2.29. The fourth-order valence-corrected chi connectivity index (χ4v) is 2.64. The van der Waals surface area contributed by atoms with Crippen LogP contribution in [0.1, 0.15) is 15.5 Å². The van der Waals surface area contributed by atoms with Gasteiger partial charge in [-0.1, -0.05) is 0 Å². The molecule has 0 aliphatic rings. The van der Waals surface area contributed by atoms with Gasteiger partial charge in [0, 0.05) is 4.47 Å². The van der Waals surface area contributed by atoms with Crippen molar-refractivity contribution in [2.24, 2.45) is 7.05 Å². The average molecular weight is 287 g/mol. The molecule has 2 aromatic rings. The van der Waals surface area contributed by atoms with E-state index in [0.29, 0.717) is 10.7 Å². The van der Waals surface area contributed by atoms with Crippen LogP contribution in [0.5, 0.6) is 0 Å². The van der Waals surface area contributed by atoms with Crippen LogP contribution in [-0.2, 0) is 13.5 Å². The van der Waals surface area contributed by atoms with Gasteiger partial charge in [0.25, 0.3) is 0 Å². The lowest BCUT2D eigenvalue weighted by molar-refractivity contribution is 0.0994. The van der Waals surface area contributed by atoms with Crippen molar-refractivity contribution in [3.63, 3.8) is 0 Å². The van der Waals surface area contributed by atoms with Gasteiger partial charge >= 0.3 is 0 Å². The lowest BCUT2D eigenvalue weighted by atomic mass is 10.2. The molecule has 0 aromatic carbocycles. The topological polar surface area (TPSA) is 60.7 Å². The van der Waals surface area contributed by atoms with Crippen LogP contribution in [0.2, 0.25) is 0 Å². The van der Waals surface area contributed by atoms with Crippen LogP contribution in [0.15, 0.2) is 15.9 Å². The predicted molar refractivity (Wildman–Crippen MR) is 58.9 cm³/mol. The van der Waals surface area contributed by atoms with Crippen LogP contribution < -0.4 is 0 Å². The van der Waals surface area contributed by atoms with Gasteiger partial charge in [-0.05, 0) is 32.6 Å². The predicted octanol–water partition coefficient (Wildman–Crippen LogP) is 1.46. The largest absolute Gasteiger partial charge is 0.293 e. The molecule has 0 atom stereocenters. The Morgan fingerprint density at radius 1 is 1.67 bits per heavy atom. The maximum absolute atomic E-state index is 11.8. The summed E-state index contributed by atoms with van der Waals surface area (Å²) in [4.78, 5) is 13.8. The number of carbonyl (C=O) groups excluding carboxylic acids is 1. The van der Waals surface area contributed by atoms with E-state index in [9.17, 15) is 4.79 Å². The normalized spacial score (nSPS) is 10.5. The molecule has 0 spiro atoms. The van der Waals surface area contributed by atoms with Crippen LogP contribution in [-0.4, -0.2) is 26.0 Å². The zero-order chi connectivity index (χ0) is 10.8. The van der Waals surface area contributed by atoms with Crippen LogP contribution in [0.4, 0.5) is 0 Å². The van der Waals surface area contributed by atoms with Crippen molar-refractivity contribution in [3.8, 4) is 0 Å². The third-order valence-electron chi connectivity index (χ3n) is 1.74. The van der Waals surface area contributed by atoms with E-state index < -0.39 is 0 Å². The van der Waals surface area contributed by atoms with E-state index in [1.807, 2.05) is 11.4 Å². The number of ketones is 1. The minimum absolute atomic E-state index is 0.00451. The van der Waals surface area contributed by atoms with Gasteiger partial charge in [0.2, 0.25) is 0 Å². The molecule has 2 rings (SSSR count). The summed E-state index contributed by atoms with van der Waals surface area (Å²) in [6, 6.07) is 1.85. The lowest BCUT2D eigenvalue weighted by Gasteiger charge is -1.93. The SMILES string of the molecule is Cn1nnc(CC(=O)c2sccc2Br)n1. The Labute approximate surface area is 98.2 Å². The van der Waals surface area contributed by atoms with Gasteiger partial charge in [0.1, 0.15) is 0 Å². The molecule has 0 saturated carbocycles. The molecule has 2 heterocycles. The molecule has 0 N–H and O–H groups in total. The maximum Gasteiger partial charge on any atom is 0.182 e. The lowest BCUT2D eigenvalue weighted by Crippen LogP contribution is -2.04. The number of rotatable bonds is 3. The van der Waals surface area contributed by atoms with Crippen molar-refractivity contribution >= 4 is 33.0 Å². The first-order valence-corrected chi connectivity index (χ1v) is 5.83. The fraction of sp³-hybridized carbons (Fsp3) is 0.250. The highest BCUT2D eigenvalue weighted by Crippen LogP contribution is 2.23. The first-order valence-electron chi connectivity index (χ1n) is 4.16. The van der Waals surface area contributed by atoms with Crippen LogP contribution in [0.25, 0.3) is 0 Å². The number of aromatic nitrogens is 4. The molecule has 0 amide bonds. The molecular weight excluding hydrogens is 280 g/mol. The Bertz CT molecular complexity index is 492. The quantitative estimate of drug-likeness (QED) is 0.802. The number of nitrogens with zero attached hydrogens (tertiary/aromatic N) is 4. The molecule has 15 heavy (non-hydrogen) atoms. The smallest absolute Gasteiger partial charge is 0.182 e. The number of Topliss-reactive ketones (excluding diaryl/α,β-unsaturated/α-hetero) is 1. The van der Waals surface area contributed by atoms with E-state index >= 15 is 0 Å². The molecule has 0 fully saturated rings. The van der Waals surface area contributed by atoms with E-state index in [0.717, 1.165) is 4.47 Å². The molecule has 0 saturated heterocycles. The summed E-state index contributed by atoms with van der Waals surface area (Å²) in [5.41, 5.74) is 0. The molecule has 0 unspecified atom stereocenters. The molecule has 78 valence electrons. The average Bonchev–Trinajstić information content (AvgIpc) is 2.75. The van der Waals surface area contributed by atoms with Crippen LogP contribution in [0.3, 0.4) is 0 Å². The number of hydrogen-bond acceptors (Lipinski definition) is 5. The van der Waals surface area contributed by atoms with Crippen molar-refractivity contribution in [1.82, 2.24) is 20.2 Å². The molecular formula is C8H7BrN4OS. The first-order chi connectivity index (χ1) is 7.16. The Hall–Kier alpha value is -1.08. The Kier molecular flexibility index (Phi) is 2.92. The van der Waals surface area contributed by atoms with Crippen LogP contribution >= 0.6 is 27.3 Å². The van der Waals surface area contributed by atoms with Gasteiger partial charge < -0.3 is 0 Å². The maximum atomic E-state index is 11.8. The number of thiophene rings is 1. The van der Waals surface area contributed by atoms with Crippen LogP contribution in [0, 0.1) is 0 Å². The minimum atomic E-state index is 0.00451. The van der Waals surface area contributed by atoms with Crippen molar-refractivity contribution in [3.05, 3.63) is 26.6 Å². The summed E-state index contributed by atoms with van der Waals surface area (Å²) in [5, 5.41) is 13.2. The minimum Gasteiger partial charge on any atom is -0.293 e. The van der Waals surface area contributed by atoms with E-state index in [-0.39, 0.29) is 12.2 Å². The van der Waals surface area contributed by atoms with E-state index in [2.05, 4.69) is 31.3 Å². The van der Waals surface area contributed by atoms with Crippen molar-refractivity contribution in [2.45, 2.75) is 6.42 Å². The number of aryl methyl sites for hydroxylation is 1. The highest BCUT2D eigenvalue weighted by molar-refractivity contribution is 9.10. The summed E-state index contributed by atoms with van der Waals surface area (Å²) in [6.07, 6.45) is 0.187. The highest BCUT2D eigenvalue weighted by Gasteiger charge is 2.14. The zero-order valence-electron chi connectivity index (χ0n) is 7.85. The van der Waals surface area contributed by atoms with Gasteiger partial charge in [-0.25, -0.2) is 0 Å². The second-order valence-electron chi connectivity index (χ2n) is 2.89. The number of hydrogen-bond donors (Lipinski definition) is 0. The summed E-state index contributed by atoms with van der Waals surface area (Å²) in [6.45, 7) is 0. The van der Waals surface area contributed by atoms with E-state index in [4.69, 9.17) is 0 Å². The summed E-state index contributed by atoms with van der Waals surface area (Å²) in [7, 11) is 1.67. The van der Waals surface area contributed by atoms with Gasteiger partial charge in [0.15, 0.2) is 11.6 Å². The van der Waals surface area contributed by atoms with E-state index in [1.165, 1.54) is 16.1 Å². The molecule has 0 radical (unpaired) electrons. The Morgan fingerprint density at radius 3 is 3.00 bits per heavy atom.